The molecule has 1 amide bonds. The van der Waals surface area contributed by atoms with E-state index < -0.39 is 0 Å². The molecule has 0 aromatic heterocycles. The van der Waals surface area contributed by atoms with Gasteiger partial charge in [-0.05, 0) is 33.2 Å². The van der Waals surface area contributed by atoms with Gasteiger partial charge in [-0.2, -0.15) is 0 Å². The second-order valence-corrected chi connectivity index (χ2v) is 4.58. The lowest BCUT2D eigenvalue weighted by Crippen LogP contribution is -2.59. The predicted molar refractivity (Wildman–Crippen MR) is 63.9 cm³/mol. The molecule has 5 heteroatoms. The van der Waals surface area contributed by atoms with Gasteiger partial charge in [-0.15, -0.1) is 0 Å². The minimum atomic E-state index is -0.296. The number of ketones is 1. The van der Waals surface area contributed by atoms with E-state index in [1.165, 1.54) is 0 Å². The second kappa shape index (κ2) is 4.87. The number of carbonyl (C=O) groups is 2. The number of carbonyl (C=O) groups excluding carboxylic acids is 2. The van der Waals surface area contributed by atoms with Gasteiger partial charge in [-0.3, -0.25) is 14.6 Å². The molecule has 2 heterocycles. The Morgan fingerprint density at radius 1 is 1.53 bits per heavy atom. The third kappa shape index (κ3) is 2.20. The monoisotopic (exact) mass is 237 g/mol. The van der Waals surface area contributed by atoms with Crippen LogP contribution in [0.4, 0.5) is 0 Å². The fourth-order valence-electron chi connectivity index (χ4n) is 2.48. The van der Waals surface area contributed by atoms with E-state index in [-0.39, 0.29) is 23.8 Å². The van der Waals surface area contributed by atoms with Crippen molar-refractivity contribution >= 4 is 11.7 Å². The Bertz CT molecular complexity index is 354. The van der Waals surface area contributed by atoms with E-state index in [0.29, 0.717) is 6.42 Å². The molecule has 2 atom stereocenters. The molecule has 94 valence electrons. The van der Waals surface area contributed by atoms with E-state index in [1.54, 1.807) is 19.0 Å². The summed E-state index contributed by atoms with van der Waals surface area (Å²) in [5, 5.41) is 6.53. The van der Waals surface area contributed by atoms with Crippen LogP contribution in [0.5, 0.6) is 0 Å². The Labute approximate surface area is 101 Å². The summed E-state index contributed by atoms with van der Waals surface area (Å²) < 4.78 is 0. The van der Waals surface area contributed by atoms with Gasteiger partial charge in [0, 0.05) is 12.7 Å². The Morgan fingerprint density at radius 2 is 2.29 bits per heavy atom. The van der Waals surface area contributed by atoms with E-state index in [1.807, 2.05) is 17.3 Å². The van der Waals surface area contributed by atoms with Gasteiger partial charge >= 0.3 is 0 Å². The van der Waals surface area contributed by atoms with Crippen molar-refractivity contribution in [3.8, 4) is 0 Å². The van der Waals surface area contributed by atoms with E-state index in [0.717, 1.165) is 19.4 Å². The van der Waals surface area contributed by atoms with Crippen LogP contribution >= 0.6 is 0 Å². The number of fused-ring (bicyclic) bond motifs is 1. The third-order valence-electron chi connectivity index (χ3n) is 3.43. The molecule has 17 heavy (non-hydrogen) atoms. The molecule has 0 aromatic carbocycles. The number of hydrogen-bond acceptors (Lipinski definition) is 4. The molecule has 1 saturated heterocycles. The first-order chi connectivity index (χ1) is 8.15. The molecule has 0 spiro atoms. The first-order valence-corrected chi connectivity index (χ1v) is 6.09. The lowest BCUT2D eigenvalue weighted by atomic mass is 10.0. The summed E-state index contributed by atoms with van der Waals surface area (Å²) in [5.74, 6) is 0.0607. The summed E-state index contributed by atoms with van der Waals surface area (Å²) in [6, 6.07) is -0.522. The first kappa shape index (κ1) is 12.1. The van der Waals surface area contributed by atoms with Crippen molar-refractivity contribution in [2.75, 3.05) is 13.6 Å². The van der Waals surface area contributed by atoms with Crippen LogP contribution in [-0.2, 0) is 9.59 Å². The minimum Gasteiger partial charge on any atom is -0.309 e. The Hall–Kier alpha value is -1.36. The SMILES string of the molecule is CNC1CC=CN2CCCC(C(C)=O)N2C1=O. The average molecular weight is 237 g/mol. The number of rotatable bonds is 2. The molecule has 2 aliphatic heterocycles. The summed E-state index contributed by atoms with van der Waals surface area (Å²) >= 11 is 0. The third-order valence-corrected chi connectivity index (χ3v) is 3.43. The van der Waals surface area contributed by atoms with Gasteiger partial charge < -0.3 is 5.32 Å². The van der Waals surface area contributed by atoms with Crippen molar-refractivity contribution in [2.24, 2.45) is 0 Å². The van der Waals surface area contributed by atoms with Gasteiger partial charge in [-0.25, -0.2) is 5.01 Å². The number of hydrazine groups is 1. The van der Waals surface area contributed by atoms with Gasteiger partial charge in [0.2, 0.25) is 0 Å². The Kier molecular flexibility index (Phi) is 3.47. The zero-order valence-electron chi connectivity index (χ0n) is 10.3. The standard InChI is InChI=1S/C12H19N3O2/c1-9(16)11-6-4-8-14-7-3-5-10(13-2)12(17)15(11)14/h3,7,10-11,13H,4-6,8H2,1-2H3. The zero-order valence-corrected chi connectivity index (χ0v) is 10.3. The van der Waals surface area contributed by atoms with Crippen LogP contribution in [0.25, 0.3) is 0 Å². The van der Waals surface area contributed by atoms with Gasteiger partial charge in [-0.1, -0.05) is 6.08 Å². The molecule has 2 rings (SSSR count). The van der Waals surface area contributed by atoms with E-state index in [9.17, 15) is 9.59 Å². The number of nitrogens with zero attached hydrogens (tertiary/aromatic N) is 2. The van der Waals surface area contributed by atoms with Crippen molar-refractivity contribution in [3.05, 3.63) is 12.3 Å². The molecular weight excluding hydrogens is 218 g/mol. The highest BCUT2D eigenvalue weighted by Crippen LogP contribution is 2.23. The fraction of sp³-hybridized carbons (Fsp3) is 0.667. The van der Waals surface area contributed by atoms with E-state index in [2.05, 4.69) is 5.32 Å². The van der Waals surface area contributed by atoms with Crippen molar-refractivity contribution in [2.45, 2.75) is 38.3 Å². The fourth-order valence-corrected chi connectivity index (χ4v) is 2.48. The molecule has 2 aliphatic rings. The lowest BCUT2D eigenvalue weighted by Gasteiger charge is -2.42. The van der Waals surface area contributed by atoms with Gasteiger partial charge in [0.05, 0.1) is 6.04 Å². The molecule has 0 aromatic rings. The molecule has 2 unspecified atom stereocenters. The Balaban J connectivity index is 2.29. The topological polar surface area (TPSA) is 52.7 Å². The summed E-state index contributed by atoms with van der Waals surface area (Å²) in [6.07, 6.45) is 6.29. The van der Waals surface area contributed by atoms with Crippen LogP contribution in [0.3, 0.4) is 0 Å². The molecule has 1 fully saturated rings. The van der Waals surface area contributed by atoms with Crippen LogP contribution in [-0.4, -0.2) is 47.4 Å². The predicted octanol–water partition coefficient (Wildman–Crippen LogP) is 0.289. The smallest absolute Gasteiger partial charge is 0.259 e. The number of Topliss-reactive ketones (excluding diaryl/α,β-unsaturated/α-hetero) is 1. The summed E-state index contributed by atoms with van der Waals surface area (Å²) in [5.41, 5.74) is 0. The van der Waals surface area contributed by atoms with Crippen LogP contribution in [0.15, 0.2) is 12.3 Å². The van der Waals surface area contributed by atoms with Gasteiger partial charge in [0.25, 0.3) is 5.91 Å². The molecule has 0 bridgehead atoms. The summed E-state index contributed by atoms with van der Waals surface area (Å²) in [7, 11) is 1.78. The van der Waals surface area contributed by atoms with Crippen LogP contribution in [0.2, 0.25) is 0 Å². The van der Waals surface area contributed by atoms with Gasteiger partial charge in [0.15, 0.2) is 5.78 Å². The lowest BCUT2D eigenvalue weighted by molar-refractivity contribution is -0.160. The molecular formula is C12H19N3O2. The first-order valence-electron chi connectivity index (χ1n) is 6.09. The Morgan fingerprint density at radius 3 is 2.94 bits per heavy atom. The molecule has 0 radical (unpaired) electrons. The van der Waals surface area contributed by atoms with E-state index >= 15 is 0 Å². The molecule has 0 saturated carbocycles. The van der Waals surface area contributed by atoms with Crippen molar-refractivity contribution in [1.82, 2.24) is 15.3 Å². The maximum absolute atomic E-state index is 12.4. The van der Waals surface area contributed by atoms with Crippen LogP contribution in [0.1, 0.15) is 26.2 Å². The van der Waals surface area contributed by atoms with Crippen LogP contribution in [0, 0.1) is 0 Å². The van der Waals surface area contributed by atoms with Crippen molar-refractivity contribution < 1.29 is 9.59 Å². The summed E-state index contributed by atoms with van der Waals surface area (Å²) in [6.45, 7) is 2.37. The van der Waals surface area contributed by atoms with Crippen molar-refractivity contribution in [3.63, 3.8) is 0 Å². The second-order valence-electron chi connectivity index (χ2n) is 4.58. The number of nitrogens with one attached hydrogen (secondary N) is 1. The summed E-state index contributed by atoms with van der Waals surface area (Å²) in [4.78, 5) is 24.0. The largest absolute Gasteiger partial charge is 0.309 e. The highest BCUT2D eigenvalue weighted by molar-refractivity contribution is 5.89. The maximum Gasteiger partial charge on any atom is 0.259 e. The maximum atomic E-state index is 12.4. The quantitative estimate of drug-likeness (QED) is 0.750. The van der Waals surface area contributed by atoms with Crippen LogP contribution < -0.4 is 5.32 Å². The highest BCUT2D eigenvalue weighted by atomic mass is 16.2. The van der Waals surface area contributed by atoms with Crippen molar-refractivity contribution in [1.29, 1.82) is 0 Å². The molecule has 0 aliphatic carbocycles. The number of likely N-dealkylation sites (N-methyl/N-ethyl adjacent to an activating group) is 1. The highest BCUT2D eigenvalue weighted by Gasteiger charge is 2.37. The number of hydrogen-bond donors (Lipinski definition) is 1. The number of amides is 1. The average Bonchev–Trinajstić information content (AvgIpc) is 2.48. The van der Waals surface area contributed by atoms with Gasteiger partial charge in [0.1, 0.15) is 6.04 Å². The normalized spacial score (nSPS) is 28.9. The van der Waals surface area contributed by atoms with E-state index in [4.69, 9.17) is 0 Å². The zero-order chi connectivity index (χ0) is 12.4. The minimum absolute atomic E-state index is 0.00241. The molecule has 1 N–H and O–H groups in total. The molecule has 5 nitrogen and oxygen atoms in total.